The number of ether oxygens (including phenoxy) is 1. The summed E-state index contributed by atoms with van der Waals surface area (Å²) in [6.45, 7) is 17.2. The fraction of sp³-hybridized carbons (Fsp3) is 0.556. The Bertz CT molecular complexity index is 839. The van der Waals surface area contributed by atoms with Crippen molar-refractivity contribution >= 4 is 0 Å². The Morgan fingerprint density at radius 1 is 0.871 bits per heavy atom. The van der Waals surface area contributed by atoms with E-state index in [2.05, 4.69) is 57.0 Å². The molecule has 0 aromatic heterocycles. The minimum Gasteiger partial charge on any atom is -0.497 e. The van der Waals surface area contributed by atoms with Crippen molar-refractivity contribution in [3.63, 3.8) is 0 Å². The van der Waals surface area contributed by atoms with Crippen molar-refractivity contribution in [2.45, 2.75) is 51.9 Å². The molecule has 1 N–H and O–H groups in total. The maximum atomic E-state index is 13.8. The van der Waals surface area contributed by atoms with Crippen LogP contribution in [-0.2, 0) is 10.8 Å². The lowest BCUT2D eigenvalue weighted by atomic mass is 9.48. The highest BCUT2D eigenvalue weighted by Crippen LogP contribution is 2.56. The molecule has 0 spiro atoms. The average Bonchev–Trinajstić information content (AvgIpc) is 2.78. The Morgan fingerprint density at radius 3 is 1.97 bits per heavy atom. The molecule has 4 heteroatoms. The summed E-state index contributed by atoms with van der Waals surface area (Å²) >= 11 is 0. The van der Waals surface area contributed by atoms with Crippen molar-refractivity contribution < 1.29 is 9.13 Å². The van der Waals surface area contributed by atoms with Gasteiger partial charge in [0, 0.05) is 31.6 Å². The second kappa shape index (κ2) is 9.30. The van der Waals surface area contributed by atoms with Crippen molar-refractivity contribution in [3.05, 3.63) is 65.5 Å². The van der Waals surface area contributed by atoms with Gasteiger partial charge in [0.2, 0.25) is 0 Å². The molecular formula is C27H39FN2O. The quantitative estimate of drug-likeness (QED) is 0.612. The molecule has 2 aromatic rings. The Labute approximate surface area is 188 Å². The minimum absolute atomic E-state index is 0.0286. The van der Waals surface area contributed by atoms with Gasteiger partial charge in [-0.25, -0.2) is 4.39 Å². The normalized spacial score (nSPS) is 17.9. The molecule has 1 heterocycles. The van der Waals surface area contributed by atoms with Crippen LogP contribution in [0.2, 0.25) is 0 Å². The number of halogens is 1. The maximum Gasteiger partial charge on any atom is 0.123 e. The Morgan fingerprint density at radius 2 is 1.42 bits per heavy atom. The van der Waals surface area contributed by atoms with Crippen molar-refractivity contribution in [3.8, 4) is 5.75 Å². The van der Waals surface area contributed by atoms with E-state index in [1.807, 2.05) is 24.3 Å². The van der Waals surface area contributed by atoms with Gasteiger partial charge in [0.15, 0.2) is 0 Å². The lowest BCUT2D eigenvalue weighted by Crippen LogP contribution is -2.54. The van der Waals surface area contributed by atoms with E-state index < -0.39 is 0 Å². The number of piperazine rings is 1. The molecule has 0 bridgehead atoms. The number of benzene rings is 2. The number of nitrogens with zero attached hydrogens (tertiary/aromatic N) is 1. The maximum absolute atomic E-state index is 13.8. The van der Waals surface area contributed by atoms with Crippen LogP contribution in [0.5, 0.6) is 5.75 Å². The van der Waals surface area contributed by atoms with Crippen LogP contribution in [0.3, 0.4) is 0 Å². The molecule has 1 saturated heterocycles. The van der Waals surface area contributed by atoms with Gasteiger partial charge >= 0.3 is 0 Å². The van der Waals surface area contributed by atoms with Gasteiger partial charge in [0.1, 0.15) is 11.6 Å². The first-order valence-electron chi connectivity index (χ1n) is 11.5. The van der Waals surface area contributed by atoms with Crippen LogP contribution < -0.4 is 10.1 Å². The molecule has 3 nitrogen and oxygen atoms in total. The van der Waals surface area contributed by atoms with Gasteiger partial charge in [-0.1, -0.05) is 58.9 Å². The van der Waals surface area contributed by atoms with Crippen molar-refractivity contribution in [2.24, 2.45) is 5.41 Å². The summed E-state index contributed by atoms with van der Waals surface area (Å²) in [7, 11) is 1.70. The molecule has 0 amide bonds. The lowest BCUT2D eigenvalue weighted by Gasteiger charge is -2.55. The van der Waals surface area contributed by atoms with Crippen molar-refractivity contribution in [1.29, 1.82) is 0 Å². The Hall–Kier alpha value is -1.91. The standard InChI is InChI=1S/C27H39FN2O/c1-25(2,15-18-30-19-16-29-17-20-30)27(5,22-7-11-23(28)12-8-22)26(3,4)21-9-13-24(31-6)14-10-21/h7-14,29H,15-20H2,1-6H3. The molecule has 0 saturated carbocycles. The molecule has 1 atom stereocenters. The van der Waals surface area contributed by atoms with E-state index in [9.17, 15) is 4.39 Å². The van der Waals surface area contributed by atoms with E-state index in [4.69, 9.17) is 4.74 Å². The lowest BCUT2D eigenvalue weighted by molar-refractivity contribution is 0.0692. The van der Waals surface area contributed by atoms with E-state index in [1.165, 1.54) is 11.1 Å². The third kappa shape index (κ3) is 4.65. The fourth-order valence-electron chi connectivity index (χ4n) is 5.30. The Balaban J connectivity index is 2.01. The van der Waals surface area contributed by atoms with Gasteiger partial charge in [-0.2, -0.15) is 0 Å². The summed E-state index contributed by atoms with van der Waals surface area (Å²) < 4.78 is 19.2. The summed E-state index contributed by atoms with van der Waals surface area (Å²) in [6.07, 6.45) is 1.07. The first-order chi connectivity index (χ1) is 14.6. The molecule has 0 radical (unpaired) electrons. The number of nitrogens with one attached hydrogen (secondary N) is 1. The first-order valence-corrected chi connectivity index (χ1v) is 11.5. The van der Waals surface area contributed by atoms with E-state index in [-0.39, 0.29) is 22.1 Å². The zero-order valence-corrected chi connectivity index (χ0v) is 20.1. The number of methoxy groups -OCH3 is 1. The van der Waals surface area contributed by atoms with Crippen LogP contribution in [0, 0.1) is 11.2 Å². The van der Waals surface area contributed by atoms with Crippen LogP contribution in [0.4, 0.5) is 4.39 Å². The molecule has 1 aliphatic rings. The number of hydrogen-bond donors (Lipinski definition) is 1. The third-order valence-corrected chi connectivity index (χ3v) is 8.10. The number of hydrogen-bond acceptors (Lipinski definition) is 3. The van der Waals surface area contributed by atoms with Crippen molar-refractivity contribution in [2.75, 3.05) is 39.8 Å². The van der Waals surface area contributed by atoms with E-state index in [1.54, 1.807) is 19.2 Å². The SMILES string of the molecule is COc1ccc(C(C)(C)C(C)(c2ccc(F)cc2)C(C)(C)CCN2CCNCC2)cc1. The second-order valence-corrected chi connectivity index (χ2v) is 10.2. The molecule has 2 aromatic carbocycles. The molecular weight excluding hydrogens is 387 g/mol. The summed E-state index contributed by atoms with van der Waals surface area (Å²) in [5, 5.41) is 3.44. The number of rotatable bonds is 8. The highest BCUT2D eigenvalue weighted by Gasteiger charge is 2.52. The van der Waals surface area contributed by atoms with E-state index in [0.29, 0.717) is 0 Å². The second-order valence-electron chi connectivity index (χ2n) is 10.2. The molecule has 3 rings (SSSR count). The fourth-order valence-corrected chi connectivity index (χ4v) is 5.30. The van der Waals surface area contributed by atoms with Crippen LogP contribution in [0.25, 0.3) is 0 Å². The Kier molecular flexibility index (Phi) is 7.12. The molecule has 31 heavy (non-hydrogen) atoms. The molecule has 1 unspecified atom stereocenters. The van der Waals surface area contributed by atoms with Gasteiger partial charge < -0.3 is 15.0 Å². The summed E-state index contributed by atoms with van der Waals surface area (Å²) in [5.74, 6) is 0.674. The van der Waals surface area contributed by atoms with Gasteiger partial charge in [-0.05, 0) is 59.2 Å². The average molecular weight is 427 g/mol. The predicted octanol–water partition coefficient (Wildman–Crippen LogP) is 5.39. The highest BCUT2D eigenvalue weighted by atomic mass is 19.1. The summed E-state index contributed by atoms with van der Waals surface area (Å²) in [5.41, 5.74) is 2.00. The van der Waals surface area contributed by atoms with E-state index >= 15 is 0 Å². The minimum atomic E-state index is -0.226. The monoisotopic (exact) mass is 426 g/mol. The smallest absolute Gasteiger partial charge is 0.123 e. The molecule has 170 valence electrons. The molecule has 1 aliphatic heterocycles. The van der Waals surface area contributed by atoms with Crippen LogP contribution in [0.15, 0.2) is 48.5 Å². The van der Waals surface area contributed by atoms with Gasteiger partial charge in [-0.3, -0.25) is 0 Å². The highest BCUT2D eigenvalue weighted by molar-refractivity contribution is 5.41. The van der Waals surface area contributed by atoms with E-state index in [0.717, 1.165) is 44.9 Å². The van der Waals surface area contributed by atoms with Gasteiger partial charge in [-0.15, -0.1) is 0 Å². The van der Waals surface area contributed by atoms with Crippen LogP contribution in [-0.4, -0.2) is 44.7 Å². The first kappa shape index (κ1) is 23.7. The van der Waals surface area contributed by atoms with Crippen molar-refractivity contribution in [1.82, 2.24) is 10.2 Å². The zero-order chi connectivity index (χ0) is 22.7. The third-order valence-electron chi connectivity index (χ3n) is 8.10. The summed E-state index contributed by atoms with van der Waals surface area (Å²) in [4.78, 5) is 2.56. The topological polar surface area (TPSA) is 24.5 Å². The predicted molar refractivity (Wildman–Crippen MR) is 127 cm³/mol. The van der Waals surface area contributed by atoms with Gasteiger partial charge in [0.05, 0.1) is 7.11 Å². The summed E-state index contributed by atoms with van der Waals surface area (Å²) in [6, 6.07) is 15.6. The zero-order valence-electron chi connectivity index (χ0n) is 20.1. The molecule has 1 fully saturated rings. The largest absolute Gasteiger partial charge is 0.497 e. The molecule has 0 aliphatic carbocycles. The van der Waals surface area contributed by atoms with Crippen LogP contribution in [0.1, 0.15) is 52.2 Å². The van der Waals surface area contributed by atoms with Crippen LogP contribution >= 0.6 is 0 Å². The van der Waals surface area contributed by atoms with Gasteiger partial charge in [0.25, 0.3) is 0 Å².